The van der Waals surface area contributed by atoms with Crippen molar-refractivity contribution < 1.29 is 29.3 Å². The van der Waals surface area contributed by atoms with Crippen LogP contribution in [-0.2, 0) is 16.1 Å². The van der Waals surface area contributed by atoms with E-state index in [-0.39, 0.29) is 29.4 Å². The Morgan fingerprint density at radius 3 is 2.48 bits per heavy atom. The van der Waals surface area contributed by atoms with Crippen LogP contribution >= 0.6 is 0 Å². The van der Waals surface area contributed by atoms with Gasteiger partial charge in [-0.3, -0.25) is 14.6 Å². The number of carbonyl (C=O) groups excluding carboxylic acids is 2. The van der Waals surface area contributed by atoms with Crippen LogP contribution in [0, 0.1) is 0 Å². The molecule has 0 spiro atoms. The molecule has 4 rings (SSSR count). The monoisotopic (exact) mass is 446 g/mol. The number of hydrogen-bond donors (Lipinski definition) is 2. The highest BCUT2D eigenvalue weighted by Crippen LogP contribution is 2.42. The maximum absolute atomic E-state index is 13.1. The number of phenols is 1. The lowest BCUT2D eigenvalue weighted by atomic mass is 9.94. The number of Topliss-reactive ketones (excluding diaryl/α,β-unsaturated/α-hetero) is 1. The van der Waals surface area contributed by atoms with Crippen molar-refractivity contribution in [1.29, 1.82) is 0 Å². The highest BCUT2D eigenvalue weighted by molar-refractivity contribution is 6.46. The Bertz CT molecular complexity index is 1240. The fourth-order valence-electron chi connectivity index (χ4n) is 3.86. The number of benzene rings is 2. The zero-order chi connectivity index (χ0) is 23.5. The Kier molecular flexibility index (Phi) is 5.99. The molecular formula is C25H22N2O6. The predicted octanol–water partition coefficient (Wildman–Crippen LogP) is 3.43. The van der Waals surface area contributed by atoms with Crippen LogP contribution in [0.1, 0.15) is 22.7 Å². The number of aliphatic hydroxyl groups excluding tert-OH is 1. The molecule has 33 heavy (non-hydrogen) atoms. The number of pyridine rings is 1. The molecule has 1 aliphatic rings. The zero-order valence-electron chi connectivity index (χ0n) is 18.1. The van der Waals surface area contributed by atoms with E-state index in [1.807, 2.05) is 0 Å². The first-order valence-electron chi connectivity index (χ1n) is 10.1. The van der Waals surface area contributed by atoms with Gasteiger partial charge in [-0.2, -0.15) is 0 Å². The molecule has 3 aromatic rings. The van der Waals surface area contributed by atoms with Crippen LogP contribution in [0.2, 0.25) is 0 Å². The molecule has 0 aliphatic carbocycles. The molecule has 0 saturated carbocycles. The van der Waals surface area contributed by atoms with E-state index in [1.165, 1.54) is 25.2 Å². The van der Waals surface area contributed by atoms with Gasteiger partial charge in [0.25, 0.3) is 11.7 Å². The summed E-state index contributed by atoms with van der Waals surface area (Å²) < 4.78 is 10.4. The summed E-state index contributed by atoms with van der Waals surface area (Å²) in [5, 5.41) is 21.2. The van der Waals surface area contributed by atoms with Gasteiger partial charge < -0.3 is 24.6 Å². The Labute approximate surface area is 190 Å². The average molecular weight is 446 g/mol. The van der Waals surface area contributed by atoms with Crippen LogP contribution in [0.25, 0.3) is 5.76 Å². The smallest absolute Gasteiger partial charge is 0.295 e. The Hall–Kier alpha value is -4.33. The lowest BCUT2D eigenvalue weighted by molar-refractivity contribution is -0.140. The third-order valence-corrected chi connectivity index (χ3v) is 5.50. The molecule has 8 heteroatoms. The topological polar surface area (TPSA) is 109 Å². The fourth-order valence-corrected chi connectivity index (χ4v) is 3.86. The van der Waals surface area contributed by atoms with Gasteiger partial charge in [0.1, 0.15) is 11.5 Å². The Morgan fingerprint density at radius 2 is 1.79 bits per heavy atom. The fraction of sp³-hybridized carbons (Fsp3) is 0.160. The summed E-state index contributed by atoms with van der Waals surface area (Å²) in [6.07, 6.45) is 3.20. The van der Waals surface area contributed by atoms with Crippen molar-refractivity contribution in [3.8, 4) is 17.2 Å². The Balaban J connectivity index is 1.90. The van der Waals surface area contributed by atoms with E-state index in [2.05, 4.69) is 4.98 Å². The second kappa shape index (κ2) is 9.04. The maximum atomic E-state index is 13.1. The molecule has 1 atom stereocenters. The van der Waals surface area contributed by atoms with Crippen molar-refractivity contribution in [1.82, 2.24) is 9.88 Å². The molecule has 2 N–H and O–H groups in total. The minimum atomic E-state index is -0.904. The third-order valence-electron chi connectivity index (χ3n) is 5.50. The second-order valence-electron chi connectivity index (χ2n) is 7.45. The number of nitrogens with zero attached hydrogens (tertiary/aromatic N) is 2. The SMILES string of the molecule is COc1cccc(/C(O)=C2\C(=O)C(=O)N(Cc3ccncc3)C2c2ccc(O)c(OC)c2)c1. The molecule has 1 saturated heterocycles. The standard InChI is InChI=1S/C25H22N2O6/c1-32-18-5-3-4-17(12-18)23(29)21-22(16-6-7-19(28)20(13-16)33-2)27(25(31)24(21)30)14-15-8-10-26-11-9-15/h3-13,22,28-29H,14H2,1-2H3/b23-21+. The van der Waals surface area contributed by atoms with E-state index >= 15 is 0 Å². The summed E-state index contributed by atoms with van der Waals surface area (Å²) in [6, 6.07) is 13.7. The molecule has 2 heterocycles. The van der Waals surface area contributed by atoms with E-state index in [9.17, 15) is 19.8 Å². The van der Waals surface area contributed by atoms with Gasteiger partial charge in [-0.1, -0.05) is 18.2 Å². The van der Waals surface area contributed by atoms with Gasteiger partial charge in [-0.25, -0.2) is 0 Å². The van der Waals surface area contributed by atoms with Gasteiger partial charge in [0.2, 0.25) is 0 Å². The van der Waals surface area contributed by atoms with Crippen LogP contribution < -0.4 is 9.47 Å². The van der Waals surface area contributed by atoms with E-state index in [1.54, 1.807) is 60.9 Å². The van der Waals surface area contributed by atoms with Crippen LogP contribution in [0.5, 0.6) is 17.2 Å². The van der Waals surface area contributed by atoms with Crippen molar-refractivity contribution >= 4 is 17.4 Å². The molecule has 1 amide bonds. The van der Waals surface area contributed by atoms with Crippen LogP contribution in [0.4, 0.5) is 0 Å². The van der Waals surface area contributed by atoms with Gasteiger partial charge in [0.05, 0.1) is 25.8 Å². The largest absolute Gasteiger partial charge is 0.507 e. The molecule has 0 bridgehead atoms. The van der Waals surface area contributed by atoms with Gasteiger partial charge >= 0.3 is 0 Å². The maximum Gasteiger partial charge on any atom is 0.295 e. The molecule has 1 fully saturated rings. The molecule has 1 unspecified atom stereocenters. The molecule has 8 nitrogen and oxygen atoms in total. The van der Waals surface area contributed by atoms with E-state index in [0.29, 0.717) is 16.9 Å². The zero-order valence-corrected chi connectivity index (χ0v) is 18.1. The van der Waals surface area contributed by atoms with Gasteiger partial charge in [0.15, 0.2) is 11.5 Å². The normalized spacial score (nSPS) is 17.3. The van der Waals surface area contributed by atoms with Crippen molar-refractivity contribution in [2.75, 3.05) is 14.2 Å². The number of ether oxygens (including phenoxy) is 2. The van der Waals surface area contributed by atoms with Crippen LogP contribution in [0.15, 0.2) is 72.6 Å². The number of amides is 1. The highest BCUT2D eigenvalue weighted by Gasteiger charge is 2.46. The first-order chi connectivity index (χ1) is 15.9. The molecule has 1 aromatic heterocycles. The van der Waals surface area contributed by atoms with Crippen LogP contribution in [0.3, 0.4) is 0 Å². The lowest BCUT2D eigenvalue weighted by Crippen LogP contribution is -2.29. The quantitative estimate of drug-likeness (QED) is 0.339. The minimum Gasteiger partial charge on any atom is -0.507 e. The summed E-state index contributed by atoms with van der Waals surface area (Å²) >= 11 is 0. The number of carbonyl (C=O) groups is 2. The summed E-state index contributed by atoms with van der Waals surface area (Å²) in [7, 11) is 2.90. The van der Waals surface area contributed by atoms with E-state index < -0.39 is 17.7 Å². The number of hydrogen-bond acceptors (Lipinski definition) is 7. The van der Waals surface area contributed by atoms with Crippen molar-refractivity contribution in [2.24, 2.45) is 0 Å². The molecular weight excluding hydrogens is 424 g/mol. The first-order valence-corrected chi connectivity index (χ1v) is 10.1. The summed E-state index contributed by atoms with van der Waals surface area (Å²) in [6.45, 7) is 0.121. The van der Waals surface area contributed by atoms with Crippen molar-refractivity contribution in [3.63, 3.8) is 0 Å². The summed E-state index contributed by atoms with van der Waals surface area (Å²) in [5.74, 6) is -1.27. The predicted molar refractivity (Wildman–Crippen MR) is 120 cm³/mol. The van der Waals surface area contributed by atoms with Gasteiger partial charge in [-0.05, 0) is 47.5 Å². The molecule has 2 aromatic carbocycles. The van der Waals surface area contributed by atoms with Gasteiger partial charge in [0, 0.05) is 24.5 Å². The number of likely N-dealkylation sites (tertiary alicyclic amines) is 1. The lowest BCUT2D eigenvalue weighted by Gasteiger charge is -2.26. The molecule has 1 aliphatic heterocycles. The van der Waals surface area contributed by atoms with Crippen molar-refractivity contribution in [3.05, 3.63) is 89.3 Å². The first kappa shape index (κ1) is 21.9. The second-order valence-corrected chi connectivity index (χ2v) is 7.45. The van der Waals surface area contributed by atoms with Crippen LogP contribution in [-0.4, -0.2) is 46.0 Å². The van der Waals surface area contributed by atoms with Gasteiger partial charge in [-0.15, -0.1) is 0 Å². The number of aromatic nitrogens is 1. The van der Waals surface area contributed by atoms with E-state index in [0.717, 1.165) is 5.56 Å². The number of aromatic hydroxyl groups is 1. The molecule has 0 radical (unpaired) electrons. The summed E-state index contributed by atoms with van der Waals surface area (Å²) in [5.41, 5.74) is 1.55. The number of rotatable bonds is 6. The molecule has 168 valence electrons. The number of methoxy groups -OCH3 is 2. The highest BCUT2D eigenvalue weighted by atomic mass is 16.5. The number of phenolic OH excluding ortho intramolecular Hbond substituents is 1. The number of aliphatic hydroxyl groups is 1. The number of ketones is 1. The van der Waals surface area contributed by atoms with Crippen molar-refractivity contribution in [2.45, 2.75) is 12.6 Å². The average Bonchev–Trinajstić information content (AvgIpc) is 3.09. The minimum absolute atomic E-state index is 0.0601. The Morgan fingerprint density at radius 1 is 1.03 bits per heavy atom. The third kappa shape index (κ3) is 4.10. The van der Waals surface area contributed by atoms with E-state index in [4.69, 9.17) is 9.47 Å². The summed E-state index contributed by atoms with van der Waals surface area (Å²) in [4.78, 5) is 31.6.